The molecule has 0 aromatic heterocycles. The predicted octanol–water partition coefficient (Wildman–Crippen LogP) is 2.83. The molecule has 0 bridgehead atoms. The number of carbonyl (C=O) groups excluding carboxylic acids is 1. The SMILES string of the molecule is CC(C)(C)OCCN1C(=O)COc2cc(I)ccc21. The van der Waals surface area contributed by atoms with Crippen molar-refractivity contribution in [2.24, 2.45) is 0 Å². The van der Waals surface area contributed by atoms with Crippen LogP contribution in [0.15, 0.2) is 18.2 Å². The molecule has 0 N–H and O–H groups in total. The fraction of sp³-hybridized carbons (Fsp3) is 0.500. The van der Waals surface area contributed by atoms with Crippen LogP contribution >= 0.6 is 22.6 Å². The number of ether oxygens (including phenoxy) is 2. The second-order valence-corrected chi connectivity index (χ2v) is 6.65. The van der Waals surface area contributed by atoms with Gasteiger partial charge in [0, 0.05) is 10.1 Å². The molecule has 0 saturated carbocycles. The molecule has 1 heterocycles. The lowest BCUT2D eigenvalue weighted by molar-refractivity contribution is -0.121. The minimum atomic E-state index is -0.190. The Hall–Kier alpha value is -0.820. The lowest BCUT2D eigenvalue weighted by atomic mass is 10.2. The highest BCUT2D eigenvalue weighted by Gasteiger charge is 2.25. The molecule has 0 fully saturated rings. The standard InChI is InChI=1S/C14H18INO3/c1-14(2,3)19-7-6-16-11-5-4-10(15)8-12(11)18-9-13(16)17/h4-5,8H,6-7,9H2,1-3H3. The van der Waals surface area contributed by atoms with E-state index in [1.165, 1.54) is 0 Å². The van der Waals surface area contributed by atoms with E-state index in [4.69, 9.17) is 9.47 Å². The Morgan fingerprint density at radius 3 is 2.84 bits per heavy atom. The summed E-state index contributed by atoms with van der Waals surface area (Å²) >= 11 is 2.23. The fourth-order valence-corrected chi connectivity index (χ4v) is 2.33. The van der Waals surface area contributed by atoms with Crippen molar-refractivity contribution >= 4 is 34.2 Å². The highest BCUT2D eigenvalue weighted by Crippen LogP contribution is 2.33. The number of fused-ring (bicyclic) bond motifs is 1. The summed E-state index contributed by atoms with van der Waals surface area (Å²) in [4.78, 5) is 13.7. The average Bonchev–Trinajstić information content (AvgIpc) is 2.30. The van der Waals surface area contributed by atoms with Gasteiger partial charge >= 0.3 is 0 Å². The van der Waals surface area contributed by atoms with Gasteiger partial charge in [0.2, 0.25) is 0 Å². The van der Waals surface area contributed by atoms with Crippen molar-refractivity contribution in [2.45, 2.75) is 26.4 Å². The number of hydrogen-bond donors (Lipinski definition) is 0. The number of hydrogen-bond acceptors (Lipinski definition) is 3. The van der Waals surface area contributed by atoms with Gasteiger partial charge in [0.15, 0.2) is 6.61 Å². The van der Waals surface area contributed by atoms with Crippen molar-refractivity contribution in [1.29, 1.82) is 0 Å². The molecule has 104 valence electrons. The molecule has 4 nitrogen and oxygen atoms in total. The summed E-state index contributed by atoms with van der Waals surface area (Å²) in [6.45, 7) is 7.18. The van der Waals surface area contributed by atoms with Gasteiger partial charge in [-0.05, 0) is 61.6 Å². The molecule has 0 spiro atoms. The van der Waals surface area contributed by atoms with Crippen LogP contribution in [0.5, 0.6) is 5.75 Å². The number of amides is 1. The van der Waals surface area contributed by atoms with Gasteiger partial charge < -0.3 is 14.4 Å². The normalized spacial score (nSPS) is 15.2. The zero-order chi connectivity index (χ0) is 14.0. The molecule has 2 rings (SSSR count). The van der Waals surface area contributed by atoms with Crippen LogP contribution in [0.3, 0.4) is 0 Å². The summed E-state index contributed by atoms with van der Waals surface area (Å²) in [5.74, 6) is 0.744. The van der Waals surface area contributed by atoms with E-state index in [2.05, 4.69) is 22.6 Å². The third-order valence-corrected chi connectivity index (χ3v) is 3.39. The molecule has 1 aliphatic rings. The number of benzene rings is 1. The Morgan fingerprint density at radius 1 is 1.42 bits per heavy atom. The van der Waals surface area contributed by atoms with E-state index in [1.54, 1.807) is 4.90 Å². The first-order valence-electron chi connectivity index (χ1n) is 6.23. The van der Waals surface area contributed by atoms with Gasteiger partial charge in [-0.25, -0.2) is 0 Å². The molecule has 1 amide bonds. The number of rotatable bonds is 3. The summed E-state index contributed by atoms with van der Waals surface area (Å²) in [6.07, 6.45) is 0. The summed E-state index contributed by atoms with van der Waals surface area (Å²) in [5.41, 5.74) is 0.638. The van der Waals surface area contributed by atoms with Crippen LogP contribution in [-0.4, -0.2) is 31.3 Å². The van der Waals surface area contributed by atoms with Crippen molar-refractivity contribution in [3.63, 3.8) is 0 Å². The minimum absolute atomic E-state index is 0.0220. The van der Waals surface area contributed by atoms with Gasteiger partial charge in [0.1, 0.15) is 5.75 Å². The molecule has 0 unspecified atom stereocenters. The van der Waals surface area contributed by atoms with E-state index in [-0.39, 0.29) is 18.1 Å². The second kappa shape index (κ2) is 5.66. The summed E-state index contributed by atoms with van der Waals surface area (Å²) in [5, 5.41) is 0. The Bertz CT molecular complexity index is 482. The summed E-state index contributed by atoms with van der Waals surface area (Å²) in [6, 6.07) is 5.84. The summed E-state index contributed by atoms with van der Waals surface area (Å²) in [7, 11) is 0. The molecular formula is C14H18INO3. The average molecular weight is 375 g/mol. The summed E-state index contributed by atoms with van der Waals surface area (Å²) < 4.78 is 12.2. The Labute approximate surface area is 127 Å². The van der Waals surface area contributed by atoms with Gasteiger partial charge in [-0.2, -0.15) is 0 Å². The first-order chi connectivity index (χ1) is 8.87. The van der Waals surface area contributed by atoms with Crippen LogP contribution in [0.2, 0.25) is 0 Å². The van der Waals surface area contributed by atoms with Gasteiger partial charge in [-0.3, -0.25) is 4.79 Å². The van der Waals surface area contributed by atoms with Crippen LogP contribution in [0.25, 0.3) is 0 Å². The lowest BCUT2D eigenvalue weighted by Crippen LogP contribution is -2.41. The van der Waals surface area contributed by atoms with Crippen LogP contribution in [0, 0.1) is 3.57 Å². The maximum Gasteiger partial charge on any atom is 0.265 e. The Morgan fingerprint density at radius 2 is 2.16 bits per heavy atom. The number of halogens is 1. The molecule has 0 aliphatic carbocycles. The van der Waals surface area contributed by atoms with E-state index < -0.39 is 0 Å². The highest BCUT2D eigenvalue weighted by molar-refractivity contribution is 14.1. The first-order valence-corrected chi connectivity index (χ1v) is 7.31. The topological polar surface area (TPSA) is 38.8 Å². The minimum Gasteiger partial charge on any atom is -0.482 e. The van der Waals surface area contributed by atoms with E-state index in [0.717, 1.165) is 15.0 Å². The molecule has 0 radical (unpaired) electrons. The van der Waals surface area contributed by atoms with Crippen LogP contribution in [0.4, 0.5) is 5.69 Å². The molecule has 1 aromatic rings. The Balaban J connectivity index is 2.10. The quantitative estimate of drug-likeness (QED) is 0.763. The van der Waals surface area contributed by atoms with E-state index in [0.29, 0.717) is 13.2 Å². The predicted molar refractivity (Wildman–Crippen MR) is 82.7 cm³/mol. The lowest BCUT2D eigenvalue weighted by Gasteiger charge is -2.30. The zero-order valence-electron chi connectivity index (χ0n) is 11.4. The molecule has 5 heteroatoms. The van der Waals surface area contributed by atoms with Gasteiger partial charge in [-0.15, -0.1) is 0 Å². The smallest absolute Gasteiger partial charge is 0.265 e. The van der Waals surface area contributed by atoms with E-state index in [9.17, 15) is 4.79 Å². The molecule has 1 aliphatic heterocycles. The maximum atomic E-state index is 11.9. The van der Waals surface area contributed by atoms with Crippen LogP contribution in [0.1, 0.15) is 20.8 Å². The largest absolute Gasteiger partial charge is 0.482 e. The van der Waals surface area contributed by atoms with Gasteiger partial charge in [0.25, 0.3) is 5.91 Å². The highest BCUT2D eigenvalue weighted by atomic mass is 127. The number of anilines is 1. The molecule has 19 heavy (non-hydrogen) atoms. The van der Waals surface area contributed by atoms with Crippen molar-refractivity contribution in [1.82, 2.24) is 0 Å². The maximum absolute atomic E-state index is 11.9. The Kier molecular flexibility index (Phi) is 4.35. The molecule has 0 saturated heterocycles. The van der Waals surface area contributed by atoms with Gasteiger partial charge in [-0.1, -0.05) is 0 Å². The van der Waals surface area contributed by atoms with Crippen LogP contribution < -0.4 is 9.64 Å². The monoisotopic (exact) mass is 375 g/mol. The van der Waals surface area contributed by atoms with Crippen molar-refractivity contribution in [3.8, 4) is 5.75 Å². The zero-order valence-corrected chi connectivity index (χ0v) is 13.6. The third kappa shape index (κ3) is 3.82. The third-order valence-electron chi connectivity index (χ3n) is 2.71. The van der Waals surface area contributed by atoms with Crippen molar-refractivity contribution < 1.29 is 14.3 Å². The molecule has 1 aromatic carbocycles. The number of carbonyl (C=O) groups is 1. The second-order valence-electron chi connectivity index (χ2n) is 5.41. The fourth-order valence-electron chi connectivity index (χ4n) is 1.87. The van der Waals surface area contributed by atoms with Crippen molar-refractivity contribution in [3.05, 3.63) is 21.8 Å². The first kappa shape index (κ1) is 14.6. The van der Waals surface area contributed by atoms with E-state index >= 15 is 0 Å². The molecule has 0 atom stereocenters. The van der Waals surface area contributed by atoms with Gasteiger partial charge in [0.05, 0.1) is 17.9 Å². The van der Waals surface area contributed by atoms with Crippen LogP contribution in [-0.2, 0) is 9.53 Å². The van der Waals surface area contributed by atoms with E-state index in [1.807, 2.05) is 39.0 Å². The number of nitrogens with zero attached hydrogens (tertiary/aromatic N) is 1. The molecular weight excluding hydrogens is 357 g/mol. The van der Waals surface area contributed by atoms with Crippen molar-refractivity contribution in [2.75, 3.05) is 24.7 Å².